The van der Waals surface area contributed by atoms with Crippen LogP contribution in [0.3, 0.4) is 0 Å². The summed E-state index contributed by atoms with van der Waals surface area (Å²) in [4.78, 5) is 12.5. The van der Waals surface area contributed by atoms with E-state index in [2.05, 4.69) is 5.32 Å². The highest BCUT2D eigenvalue weighted by Crippen LogP contribution is 2.22. The first kappa shape index (κ1) is 18.2. The first-order chi connectivity index (χ1) is 12.7. The summed E-state index contributed by atoms with van der Waals surface area (Å²) in [6.45, 7) is 0. The molecular formula is C23H22ClNO. The average Bonchev–Trinajstić information content (AvgIpc) is 2.69. The number of benzene rings is 3. The minimum absolute atomic E-state index is 0.0664. The van der Waals surface area contributed by atoms with E-state index in [4.69, 9.17) is 11.6 Å². The minimum Gasteiger partial charge on any atom is -0.345 e. The van der Waals surface area contributed by atoms with E-state index in [0.29, 0.717) is 6.42 Å². The lowest BCUT2D eigenvalue weighted by molar-refractivity contribution is -0.121. The number of nitrogens with one attached hydrogen (secondary N) is 1. The molecule has 3 aromatic rings. The monoisotopic (exact) mass is 363 g/mol. The summed E-state index contributed by atoms with van der Waals surface area (Å²) >= 11 is 5.91. The quantitative estimate of drug-likeness (QED) is 0.584. The van der Waals surface area contributed by atoms with Gasteiger partial charge in [-0.3, -0.25) is 4.79 Å². The average molecular weight is 364 g/mol. The lowest BCUT2D eigenvalue weighted by atomic mass is 9.98. The van der Waals surface area contributed by atoms with Crippen LogP contribution >= 0.6 is 11.6 Å². The standard InChI is InChI=1S/C23H22ClNO/c24-21-16-14-18(15-17-21)8-7-13-22(26)25-23(19-9-3-1-4-10-19)20-11-5-2-6-12-20/h1-6,9-12,14-17,23H,7-8,13H2,(H,25,26). The Balaban J connectivity index is 1.61. The zero-order valence-electron chi connectivity index (χ0n) is 14.6. The van der Waals surface area contributed by atoms with Crippen molar-refractivity contribution in [3.05, 3.63) is 107 Å². The van der Waals surface area contributed by atoms with Crippen molar-refractivity contribution < 1.29 is 4.79 Å². The van der Waals surface area contributed by atoms with Gasteiger partial charge in [-0.15, -0.1) is 0 Å². The molecule has 0 aliphatic carbocycles. The molecule has 0 aliphatic rings. The molecule has 2 nitrogen and oxygen atoms in total. The molecule has 3 aromatic carbocycles. The number of hydrogen-bond acceptors (Lipinski definition) is 1. The van der Waals surface area contributed by atoms with Gasteiger partial charge < -0.3 is 5.32 Å². The summed E-state index contributed by atoms with van der Waals surface area (Å²) in [5.74, 6) is 0.0664. The van der Waals surface area contributed by atoms with Gasteiger partial charge in [-0.25, -0.2) is 0 Å². The van der Waals surface area contributed by atoms with Crippen molar-refractivity contribution in [2.75, 3.05) is 0 Å². The van der Waals surface area contributed by atoms with Crippen molar-refractivity contribution >= 4 is 17.5 Å². The third kappa shape index (κ3) is 5.21. The van der Waals surface area contributed by atoms with Crippen molar-refractivity contribution in [1.82, 2.24) is 5.32 Å². The number of rotatable bonds is 7. The molecule has 0 fully saturated rings. The summed E-state index contributed by atoms with van der Waals surface area (Å²) in [5.41, 5.74) is 3.37. The van der Waals surface area contributed by atoms with E-state index >= 15 is 0 Å². The van der Waals surface area contributed by atoms with Crippen LogP contribution in [-0.4, -0.2) is 5.91 Å². The van der Waals surface area contributed by atoms with Gasteiger partial charge in [0.1, 0.15) is 0 Å². The molecule has 1 amide bonds. The maximum absolute atomic E-state index is 12.5. The highest BCUT2D eigenvalue weighted by atomic mass is 35.5. The third-order valence-electron chi connectivity index (χ3n) is 4.35. The first-order valence-electron chi connectivity index (χ1n) is 8.86. The molecule has 3 heteroatoms. The van der Waals surface area contributed by atoms with Crippen LogP contribution in [0.2, 0.25) is 5.02 Å². The van der Waals surface area contributed by atoms with Crippen molar-refractivity contribution in [1.29, 1.82) is 0 Å². The molecule has 0 saturated carbocycles. The van der Waals surface area contributed by atoms with Gasteiger partial charge >= 0.3 is 0 Å². The second-order valence-corrected chi connectivity index (χ2v) is 6.74. The van der Waals surface area contributed by atoms with Crippen LogP contribution in [0.25, 0.3) is 0 Å². The number of carbonyl (C=O) groups is 1. The molecule has 0 aliphatic heterocycles. The number of amides is 1. The molecule has 3 rings (SSSR count). The van der Waals surface area contributed by atoms with Crippen LogP contribution in [-0.2, 0) is 11.2 Å². The highest BCUT2D eigenvalue weighted by Gasteiger charge is 2.16. The second-order valence-electron chi connectivity index (χ2n) is 6.30. The first-order valence-corrected chi connectivity index (χ1v) is 9.24. The summed E-state index contributed by atoms with van der Waals surface area (Å²) in [7, 11) is 0. The molecule has 1 N–H and O–H groups in total. The van der Waals surface area contributed by atoms with Gasteiger partial charge in [-0.1, -0.05) is 84.4 Å². The number of hydrogen-bond donors (Lipinski definition) is 1. The van der Waals surface area contributed by atoms with E-state index in [1.54, 1.807) is 0 Å². The predicted octanol–water partition coefficient (Wildman–Crippen LogP) is 5.57. The van der Waals surface area contributed by atoms with Gasteiger partial charge in [-0.05, 0) is 41.7 Å². The predicted molar refractivity (Wildman–Crippen MR) is 107 cm³/mol. The topological polar surface area (TPSA) is 29.1 Å². The summed E-state index contributed by atoms with van der Waals surface area (Å²) in [6.07, 6.45) is 2.18. The molecular weight excluding hydrogens is 342 g/mol. The SMILES string of the molecule is O=C(CCCc1ccc(Cl)cc1)NC(c1ccccc1)c1ccccc1. The summed E-state index contributed by atoms with van der Waals surface area (Å²) in [5, 5.41) is 3.92. The number of carbonyl (C=O) groups excluding carboxylic acids is 1. The maximum Gasteiger partial charge on any atom is 0.220 e. The molecule has 0 spiro atoms. The smallest absolute Gasteiger partial charge is 0.220 e. The maximum atomic E-state index is 12.5. The Labute approximate surface area is 159 Å². The fourth-order valence-corrected chi connectivity index (χ4v) is 3.11. The van der Waals surface area contributed by atoms with Gasteiger partial charge in [0.25, 0.3) is 0 Å². The summed E-state index contributed by atoms with van der Waals surface area (Å²) in [6, 6.07) is 27.8. The minimum atomic E-state index is -0.125. The van der Waals surface area contributed by atoms with E-state index in [1.807, 2.05) is 84.9 Å². The lowest BCUT2D eigenvalue weighted by Crippen LogP contribution is -2.29. The van der Waals surface area contributed by atoms with Crippen LogP contribution in [0.15, 0.2) is 84.9 Å². The Morgan fingerprint density at radius 2 is 1.35 bits per heavy atom. The van der Waals surface area contributed by atoms with Crippen molar-refractivity contribution in [3.8, 4) is 0 Å². The number of halogens is 1. The Hall–Kier alpha value is -2.58. The van der Waals surface area contributed by atoms with E-state index < -0.39 is 0 Å². The van der Waals surface area contributed by atoms with Gasteiger partial charge in [0.05, 0.1) is 6.04 Å². The largest absolute Gasteiger partial charge is 0.345 e. The Morgan fingerprint density at radius 3 is 1.88 bits per heavy atom. The second kappa shape index (κ2) is 9.21. The van der Waals surface area contributed by atoms with Crippen LogP contribution in [0, 0.1) is 0 Å². The normalized spacial score (nSPS) is 10.7. The van der Waals surface area contributed by atoms with Crippen molar-refractivity contribution in [2.45, 2.75) is 25.3 Å². The fourth-order valence-electron chi connectivity index (χ4n) is 2.99. The molecule has 0 saturated heterocycles. The lowest BCUT2D eigenvalue weighted by Gasteiger charge is -2.20. The molecule has 0 aromatic heterocycles. The zero-order chi connectivity index (χ0) is 18.2. The van der Waals surface area contributed by atoms with Crippen LogP contribution in [0.1, 0.15) is 35.6 Å². The number of aryl methyl sites for hydroxylation is 1. The Morgan fingerprint density at radius 1 is 0.808 bits per heavy atom. The van der Waals surface area contributed by atoms with Gasteiger partial charge in [0, 0.05) is 11.4 Å². The van der Waals surface area contributed by atoms with Gasteiger partial charge in [0.2, 0.25) is 5.91 Å². The molecule has 0 bridgehead atoms. The van der Waals surface area contributed by atoms with Gasteiger partial charge in [-0.2, -0.15) is 0 Å². The molecule has 0 unspecified atom stereocenters. The van der Waals surface area contributed by atoms with E-state index in [9.17, 15) is 4.79 Å². The Kier molecular flexibility index (Phi) is 6.45. The Bertz CT molecular complexity index is 776. The van der Waals surface area contributed by atoms with Gasteiger partial charge in [0.15, 0.2) is 0 Å². The fraction of sp³-hybridized carbons (Fsp3) is 0.174. The molecule has 0 atom stereocenters. The van der Waals surface area contributed by atoms with E-state index in [0.717, 1.165) is 29.0 Å². The van der Waals surface area contributed by atoms with Crippen LogP contribution in [0.4, 0.5) is 0 Å². The van der Waals surface area contributed by atoms with Crippen LogP contribution < -0.4 is 5.32 Å². The van der Waals surface area contributed by atoms with E-state index in [1.165, 1.54) is 5.56 Å². The molecule has 26 heavy (non-hydrogen) atoms. The van der Waals surface area contributed by atoms with Crippen molar-refractivity contribution in [3.63, 3.8) is 0 Å². The molecule has 0 radical (unpaired) electrons. The zero-order valence-corrected chi connectivity index (χ0v) is 15.3. The molecule has 0 heterocycles. The molecule has 132 valence electrons. The van der Waals surface area contributed by atoms with E-state index in [-0.39, 0.29) is 11.9 Å². The summed E-state index contributed by atoms with van der Waals surface area (Å²) < 4.78 is 0. The van der Waals surface area contributed by atoms with Crippen LogP contribution in [0.5, 0.6) is 0 Å². The highest BCUT2D eigenvalue weighted by molar-refractivity contribution is 6.30. The van der Waals surface area contributed by atoms with Crippen molar-refractivity contribution in [2.24, 2.45) is 0 Å². The third-order valence-corrected chi connectivity index (χ3v) is 4.61.